The summed E-state index contributed by atoms with van der Waals surface area (Å²) in [5, 5.41) is 47.7. The lowest BCUT2D eigenvalue weighted by atomic mass is 9.89. The van der Waals surface area contributed by atoms with Gasteiger partial charge in [0.05, 0.1) is 28.4 Å². The van der Waals surface area contributed by atoms with E-state index in [1.54, 1.807) is 10.6 Å². The van der Waals surface area contributed by atoms with E-state index in [-0.39, 0.29) is 23.1 Å². The van der Waals surface area contributed by atoms with Crippen LogP contribution in [-0.2, 0) is 0 Å². The van der Waals surface area contributed by atoms with Crippen molar-refractivity contribution in [2.45, 2.75) is 64.7 Å². The summed E-state index contributed by atoms with van der Waals surface area (Å²) in [5.74, 6) is 0.630. The Labute approximate surface area is 251 Å². The van der Waals surface area contributed by atoms with Gasteiger partial charge >= 0.3 is 0 Å². The Hall–Kier alpha value is -3.57. The van der Waals surface area contributed by atoms with Crippen LogP contribution in [0.4, 0.5) is 0 Å². The number of aliphatic hydroxyl groups is 2. The van der Waals surface area contributed by atoms with E-state index in [1.807, 2.05) is 44.2 Å². The molecule has 2 aromatic heterocycles. The minimum absolute atomic E-state index is 0.0320. The van der Waals surface area contributed by atoms with Gasteiger partial charge in [-0.2, -0.15) is 5.10 Å². The molecule has 2 aliphatic rings. The van der Waals surface area contributed by atoms with Crippen molar-refractivity contribution in [3.63, 3.8) is 0 Å². The minimum Gasteiger partial charge on any atom is -0.507 e. The Morgan fingerprint density at radius 1 is 0.907 bits per heavy atom. The van der Waals surface area contributed by atoms with E-state index < -0.39 is 17.9 Å². The molecule has 6 N–H and O–H groups in total. The van der Waals surface area contributed by atoms with Crippen LogP contribution in [0.2, 0.25) is 0 Å². The second kappa shape index (κ2) is 12.6. The average molecular weight is 587 g/mol. The Bertz CT molecular complexity index is 1620. The van der Waals surface area contributed by atoms with Crippen LogP contribution in [0.5, 0.6) is 5.75 Å². The van der Waals surface area contributed by atoms with E-state index in [1.165, 1.54) is 0 Å². The summed E-state index contributed by atoms with van der Waals surface area (Å²) >= 11 is 0. The molecule has 4 heterocycles. The van der Waals surface area contributed by atoms with Crippen molar-refractivity contribution < 1.29 is 15.3 Å². The number of hydrogen-bond acceptors (Lipinski definition) is 8. The van der Waals surface area contributed by atoms with Crippen LogP contribution >= 0.6 is 0 Å². The van der Waals surface area contributed by atoms with E-state index in [2.05, 4.69) is 20.8 Å². The molecule has 4 aromatic rings. The molecule has 2 fully saturated rings. The summed E-state index contributed by atoms with van der Waals surface area (Å²) in [5.41, 5.74) is 4.57. The van der Waals surface area contributed by atoms with Gasteiger partial charge in [-0.25, -0.2) is 10.1 Å². The third kappa shape index (κ3) is 5.84. The number of hydrogen-bond donors (Lipinski definition) is 6. The van der Waals surface area contributed by atoms with Crippen molar-refractivity contribution in [1.82, 2.24) is 30.4 Å². The highest BCUT2D eigenvalue weighted by Gasteiger charge is 2.31. The number of nitrogens with zero attached hydrogens (tertiary/aromatic N) is 3. The number of nitrogens with one attached hydrogen (secondary N) is 3. The lowest BCUT2D eigenvalue weighted by Crippen LogP contribution is -2.23. The molecule has 2 aliphatic heterocycles. The summed E-state index contributed by atoms with van der Waals surface area (Å²) < 4.78 is 1.79. The zero-order valence-electron chi connectivity index (χ0n) is 24.9. The smallest absolute Gasteiger partial charge is 0.275 e. The maximum absolute atomic E-state index is 13.4. The largest absolute Gasteiger partial charge is 0.507 e. The Kier molecular flexibility index (Phi) is 8.63. The molecule has 2 saturated heterocycles. The molecule has 0 amide bonds. The number of para-hydroxylation sites is 1. The Balaban J connectivity index is 1.52. The summed E-state index contributed by atoms with van der Waals surface area (Å²) in [6.07, 6.45) is 3.73. The van der Waals surface area contributed by atoms with Gasteiger partial charge in [-0.1, -0.05) is 12.1 Å². The predicted octanol–water partition coefficient (Wildman–Crippen LogP) is 4.08. The SMILES string of the molecule is Cc1cc(-c2cc(-c3nc4c(C(O)C5CCCNCC5)cccc4n3C(O)C3CCCNCC3)c(=O)[nH]n2)cc(C)c1O. The van der Waals surface area contributed by atoms with Crippen LogP contribution in [-0.4, -0.2) is 61.2 Å². The number of aryl methyl sites for hydroxylation is 2. The molecule has 43 heavy (non-hydrogen) atoms. The molecule has 6 rings (SSSR count). The number of imidazole rings is 1. The molecule has 4 unspecified atom stereocenters. The molecule has 10 nitrogen and oxygen atoms in total. The standard InChI is InChI=1S/C33H42N6O4/c1-19-16-23(17-20(2)29(19)40)26-18-25(32(42)38-37-26)31-36-28-24(30(41)21-6-4-12-34-14-10-21)8-3-9-27(28)39(31)33(43)22-7-5-13-35-15-11-22/h3,8-9,16-18,21-22,30,33-35,40-41,43H,4-7,10-15H2,1-2H3,(H,38,42). The van der Waals surface area contributed by atoms with E-state index in [9.17, 15) is 20.1 Å². The molecule has 0 bridgehead atoms. The Morgan fingerprint density at radius 2 is 1.58 bits per heavy atom. The van der Waals surface area contributed by atoms with Gasteiger partial charge in [0.2, 0.25) is 0 Å². The number of rotatable bonds is 6. The monoisotopic (exact) mass is 586 g/mol. The van der Waals surface area contributed by atoms with Crippen LogP contribution in [0, 0.1) is 25.7 Å². The summed E-state index contributed by atoms with van der Waals surface area (Å²) in [6.45, 7) is 7.17. The van der Waals surface area contributed by atoms with Gasteiger partial charge in [0.25, 0.3) is 5.56 Å². The number of aromatic nitrogens is 4. The van der Waals surface area contributed by atoms with E-state index in [4.69, 9.17) is 4.98 Å². The van der Waals surface area contributed by atoms with Crippen molar-refractivity contribution in [3.05, 3.63) is 63.4 Å². The van der Waals surface area contributed by atoms with E-state index >= 15 is 0 Å². The Morgan fingerprint density at radius 3 is 2.30 bits per heavy atom. The molecular formula is C33H42N6O4. The molecule has 0 saturated carbocycles. The number of fused-ring (bicyclic) bond motifs is 1. The molecule has 4 atom stereocenters. The van der Waals surface area contributed by atoms with Crippen LogP contribution in [0.1, 0.15) is 67.5 Å². The average Bonchev–Trinajstić information content (AvgIpc) is 3.21. The van der Waals surface area contributed by atoms with Crippen LogP contribution in [0.25, 0.3) is 33.7 Å². The van der Waals surface area contributed by atoms with Gasteiger partial charge in [0.1, 0.15) is 17.8 Å². The molecule has 228 valence electrons. The highest BCUT2D eigenvalue weighted by molar-refractivity contribution is 5.84. The van der Waals surface area contributed by atoms with Gasteiger partial charge in [-0.3, -0.25) is 9.36 Å². The molecule has 0 spiro atoms. The zero-order valence-corrected chi connectivity index (χ0v) is 24.9. The van der Waals surface area contributed by atoms with Gasteiger partial charge in [-0.05, 0) is 120 Å². The number of H-pyrrole nitrogens is 1. The van der Waals surface area contributed by atoms with Gasteiger partial charge in [0.15, 0.2) is 0 Å². The van der Waals surface area contributed by atoms with Crippen molar-refractivity contribution in [1.29, 1.82) is 0 Å². The van der Waals surface area contributed by atoms with Gasteiger partial charge in [0, 0.05) is 17.0 Å². The number of aromatic amines is 1. The number of benzene rings is 2. The van der Waals surface area contributed by atoms with Crippen molar-refractivity contribution in [2.75, 3.05) is 26.2 Å². The van der Waals surface area contributed by atoms with Crippen molar-refractivity contribution in [2.24, 2.45) is 11.8 Å². The second-order valence-corrected chi connectivity index (χ2v) is 12.2. The molecule has 0 aliphatic carbocycles. The third-order valence-corrected chi connectivity index (χ3v) is 9.27. The fraction of sp³-hybridized carbons (Fsp3) is 0.485. The topological polar surface area (TPSA) is 148 Å². The van der Waals surface area contributed by atoms with E-state index in [0.29, 0.717) is 33.7 Å². The summed E-state index contributed by atoms with van der Waals surface area (Å²) in [7, 11) is 0. The first kappa shape index (κ1) is 29.5. The fourth-order valence-electron chi connectivity index (χ4n) is 6.83. The summed E-state index contributed by atoms with van der Waals surface area (Å²) in [4.78, 5) is 18.4. The lowest BCUT2D eigenvalue weighted by molar-refractivity contribution is 0.0401. The zero-order chi connectivity index (χ0) is 30.1. The van der Waals surface area contributed by atoms with Gasteiger partial charge < -0.3 is 26.0 Å². The first-order chi connectivity index (χ1) is 20.8. The van der Waals surface area contributed by atoms with Crippen molar-refractivity contribution in [3.8, 4) is 28.4 Å². The third-order valence-electron chi connectivity index (χ3n) is 9.27. The number of phenolic OH excluding ortho intramolecular Hbond substituents is 1. The normalized spacial score (nSPS) is 21.3. The van der Waals surface area contributed by atoms with Crippen molar-refractivity contribution >= 4 is 11.0 Å². The first-order valence-corrected chi connectivity index (χ1v) is 15.5. The van der Waals surface area contributed by atoms with Crippen LogP contribution in [0.15, 0.2) is 41.2 Å². The van der Waals surface area contributed by atoms with Crippen LogP contribution in [0.3, 0.4) is 0 Å². The molecule has 0 radical (unpaired) electrons. The maximum Gasteiger partial charge on any atom is 0.275 e. The quantitative estimate of drug-likeness (QED) is 0.198. The number of phenols is 1. The van der Waals surface area contributed by atoms with Crippen LogP contribution < -0.4 is 16.2 Å². The number of aromatic hydroxyl groups is 1. The van der Waals surface area contributed by atoms with Gasteiger partial charge in [-0.15, -0.1) is 0 Å². The fourth-order valence-corrected chi connectivity index (χ4v) is 6.83. The minimum atomic E-state index is -0.913. The lowest BCUT2D eigenvalue weighted by Gasteiger charge is -2.25. The number of aliphatic hydroxyl groups excluding tert-OH is 2. The maximum atomic E-state index is 13.4. The first-order valence-electron chi connectivity index (χ1n) is 15.5. The highest BCUT2D eigenvalue weighted by atomic mass is 16.3. The highest BCUT2D eigenvalue weighted by Crippen LogP contribution is 2.38. The molecule has 2 aromatic carbocycles. The second-order valence-electron chi connectivity index (χ2n) is 12.2. The van der Waals surface area contributed by atoms with E-state index in [0.717, 1.165) is 75.8 Å². The molecule has 10 heteroatoms. The predicted molar refractivity (Wildman–Crippen MR) is 167 cm³/mol. The molecular weight excluding hydrogens is 544 g/mol. The summed E-state index contributed by atoms with van der Waals surface area (Å²) in [6, 6.07) is 11.1.